The van der Waals surface area contributed by atoms with E-state index in [1.807, 2.05) is 0 Å². The zero-order valence-electron chi connectivity index (χ0n) is 12.1. The van der Waals surface area contributed by atoms with Gasteiger partial charge in [-0.2, -0.15) is 5.26 Å². The second-order valence-electron chi connectivity index (χ2n) is 4.71. The molecule has 4 nitrogen and oxygen atoms in total. The Balaban J connectivity index is 4.11. The average Bonchev–Trinajstić information content (AvgIpc) is 2.38. The summed E-state index contributed by atoms with van der Waals surface area (Å²) < 4.78 is 0. The molecule has 0 aromatic rings. The van der Waals surface area contributed by atoms with Gasteiger partial charge in [-0.1, -0.05) is 26.7 Å². The van der Waals surface area contributed by atoms with E-state index in [1.54, 1.807) is 11.9 Å². The standard InChI is InChI=1S/C14H27N3O/c1-4-6-11-17(12-7-5-2)13-14(18)16(3)10-8-9-15/h4-8,10-13H2,1-3H3. The number of unbranched alkanes of at least 4 members (excludes halogenated alkanes) is 2. The topological polar surface area (TPSA) is 47.3 Å². The number of amides is 1. The Kier molecular flexibility index (Phi) is 10.4. The summed E-state index contributed by atoms with van der Waals surface area (Å²) in [6.07, 6.45) is 4.99. The summed E-state index contributed by atoms with van der Waals surface area (Å²) in [6.45, 7) is 7.34. The zero-order chi connectivity index (χ0) is 13.8. The molecular formula is C14H27N3O. The molecule has 0 aromatic carbocycles. The Morgan fingerprint density at radius 3 is 2.11 bits per heavy atom. The number of carbonyl (C=O) groups is 1. The highest BCUT2D eigenvalue weighted by Crippen LogP contribution is 2.00. The van der Waals surface area contributed by atoms with Gasteiger partial charge in [-0.15, -0.1) is 0 Å². The first-order chi connectivity index (χ1) is 8.65. The van der Waals surface area contributed by atoms with Gasteiger partial charge in [-0.3, -0.25) is 9.69 Å². The summed E-state index contributed by atoms with van der Waals surface area (Å²) in [6, 6.07) is 2.07. The van der Waals surface area contributed by atoms with Crippen LogP contribution in [0, 0.1) is 11.3 Å². The number of likely N-dealkylation sites (N-methyl/N-ethyl adjacent to an activating group) is 1. The van der Waals surface area contributed by atoms with Gasteiger partial charge < -0.3 is 4.90 Å². The fourth-order valence-electron chi connectivity index (χ4n) is 1.69. The molecule has 104 valence electrons. The van der Waals surface area contributed by atoms with E-state index >= 15 is 0 Å². The van der Waals surface area contributed by atoms with Crippen LogP contribution in [-0.4, -0.2) is 48.9 Å². The molecule has 0 aliphatic rings. The first kappa shape index (κ1) is 16.9. The molecule has 0 radical (unpaired) electrons. The normalized spacial score (nSPS) is 10.4. The van der Waals surface area contributed by atoms with E-state index in [0.717, 1.165) is 38.8 Å². The largest absolute Gasteiger partial charge is 0.344 e. The van der Waals surface area contributed by atoms with Crippen molar-refractivity contribution in [2.75, 3.05) is 33.2 Å². The summed E-state index contributed by atoms with van der Waals surface area (Å²) in [7, 11) is 1.78. The summed E-state index contributed by atoms with van der Waals surface area (Å²) in [5, 5.41) is 8.51. The van der Waals surface area contributed by atoms with Crippen LogP contribution in [0.25, 0.3) is 0 Å². The minimum absolute atomic E-state index is 0.123. The molecule has 0 unspecified atom stereocenters. The SMILES string of the molecule is CCCCN(CCCC)CC(=O)N(C)CCC#N. The van der Waals surface area contributed by atoms with Crippen LogP contribution in [0.15, 0.2) is 0 Å². The van der Waals surface area contributed by atoms with Crippen molar-refractivity contribution < 1.29 is 4.79 Å². The van der Waals surface area contributed by atoms with Crippen LogP contribution in [0.2, 0.25) is 0 Å². The summed E-state index contributed by atoms with van der Waals surface area (Å²) in [5.41, 5.74) is 0. The van der Waals surface area contributed by atoms with Gasteiger partial charge in [0.1, 0.15) is 0 Å². The Bertz CT molecular complexity index is 252. The van der Waals surface area contributed by atoms with Crippen LogP contribution < -0.4 is 0 Å². The van der Waals surface area contributed by atoms with Crippen LogP contribution in [0.1, 0.15) is 46.0 Å². The molecule has 0 rings (SSSR count). The third kappa shape index (κ3) is 8.08. The lowest BCUT2D eigenvalue weighted by Crippen LogP contribution is -2.39. The van der Waals surface area contributed by atoms with Gasteiger partial charge in [0.2, 0.25) is 5.91 Å². The quantitative estimate of drug-likeness (QED) is 0.600. The number of hydrogen-bond donors (Lipinski definition) is 0. The average molecular weight is 253 g/mol. The maximum atomic E-state index is 12.0. The van der Waals surface area contributed by atoms with E-state index in [4.69, 9.17) is 5.26 Å². The molecule has 0 heterocycles. The molecule has 0 bridgehead atoms. The lowest BCUT2D eigenvalue weighted by Gasteiger charge is -2.24. The molecule has 0 fully saturated rings. The van der Waals surface area contributed by atoms with Gasteiger partial charge in [0.05, 0.1) is 19.0 Å². The first-order valence-electron chi connectivity index (χ1n) is 6.98. The van der Waals surface area contributed by atoms with Crippen molar-refractivity contribution in [3.8, 4) is 6.07 Å². The second-order valence-corrected chi connectivity index (χ2v) is 4.71. The fraction of sp³-hybridized carbons (Fsp3) is 0.857. The van der Waals surface area contributed by atoms with Crippen molar-refractivity contribution in [2.24, 2.45) is 0 Å². The summed E-state index contributed by atoms with van der Waals surface area (Å²) in [5.74, 6) is 0.123. The van der Waals surface area contributed by atoms with Gasteiger partial charge >= 0.3 is 0 Å². The molecule has 4 heteroatoms. The lowest BCUT2D eigenvalue weighted by atomic mass is 10.2. The molecular weight excluding hydrogens is 226 g/mol. The van der Waals surface area contributed by atoms with E-state index < -0.39 is 0 Å². The number of hydrogen-bond acceptors (Lipinski definition) is 3. The van der Waals surface area contributed by atoms with Crippen LogP contribution in [0.4, 0.5) is 0 Å². The highest BCUT2D eigenvalue weighted by atomic mass is 16.2. The molecule has 18 heavy (non-hydrogen) atoms. The highest BCUT2D eigenvalue weighted by molar-refractivity contribution is 5.77. The predicted molar refractivity (Wildman–Crippen MR) is 74.1 cm³/mol. The molecule has 0 saturated heterocycles. The zero-order valence-corrected chi connectivity index (χ0v) is 12.1. The molecule has 0 aromatic heterocycles. The maximum Gasteiger partial charge on any atom is 0.236 e. The highest BCUT2D eigenvalue weighted by Gasteiger charge is 2.13. The minimum atomic E-state index is 0.123. The van der Waals surface area contributed by atoms with Crippen LogP contribution in [0.5, 0.6) is 0 Å². The van der Waals surface area contributed by atoms with E-state index in [9.17, 15) is 4.79 Å². The van der Waals surface area contributed by atoms with Gasteiger partial charge in [-0.25, -0.2) is 0 Å². The van der Waals surface area contributed by atoms with E-state index in [1.165, 1.54) is 0 Å². The van der Waals surface area contributed by atoms with Crippen molar-refractivity contribution in [2.45, 2.75) is 46.0 Å². The molecule has 0 aliphatic heterocycles. The second kappa shape index (κ2) is 11.0. The monoisotopic (exact) mass is 253 g/mol. The van der Waals surface area contributed by atoms with Crippen molar-refractivity contribution >= 4 is 5.91 Å². The van der Waals surface area contributed by atoms with Gasteiger partial charge in [0.25, 0.3) is 0 Å². The molecule has 0 N–H and O–H groups in total. The summed E-state index contributed by atoms with van der Waals surface area (Å²) >= 11 is 0. The van der Waals surface area contributed by atoms with E-state index in [2.05, 4.69) is 24.8 Å². The van der Waals surface area contributed by atoms with E-state index in [-0.39, 0.29) is 5.91 Å². The van der Waals surface area contributed by atoms with Gasteiger partial charge in [-0.05, 0) is 25.9 Å². The molecule has 1 amide bonds. The Morgan fingerprint density at radius 1 is 1.11 bits per heavy atom. The smallest absolute Gasteiger partial charge is 0.236 e. The van der Waals surface area contributed by atoms with Gasteiger partial charge in [0, 0.05) is 13.6 Å². The predicted octanol–water partition coefficient (Wildman–Crippen LogP) is 2.26. The van der Waals surface area contributed by atoms with Crippen molar-refractivity contribution in [1.29, 1.82) is 5.26 Å². The van der Waals surface area contributed by atoms with Gasteiger partial charge in [0.15, 0.2) is 0 Å². The van der Waals surface area contributed by atoms with Crippen LogP contribution in [-0.2, 0) is 4.79 Å². The van der Waals surface area contributed by atoms with Crippen molar-refractivity contribution in [1.82, 2.24) is 9.80 Å². The van der Waals surface area contributed by atoms with Crippen molar-refractivity contribution in [3.05, 3.63) is 0 Å². The minimum Gasteiger partial charge on any atom is -0.344 e. The van der Waals surface area contributed by atoms with Crippen molar-refractivity contribution in [3.63, 3.8) is 0 Å². The number of nitriles is 1. The maximum absolute atomic E-state index is 12.0. The molecule has 0 atom stereocenters. The fourth-order valence-corrected chi connectivity index (χ4v) is 1.69. The van der Waals surface area contributed by atoms with E-state index in [0.29, 0.717) is 19.5 Å². The third-order valence-electron chi connectivity index (χ3n) is 3.00. The lowest BCUT2D eigenvalue weighted by molar-refractivity contribution is -0.131. The molecule has 0 saturated carbocycles. The summed E-state index contributed by atoms with van der Waals surface area (Å²) in [4.78, 5) is 15.9. The Morgan fingerprint density at radius 2 is 1.67 bits per heavy atom. The first-order valence-corrected chi connectivity index (χ1v) is 6.98. The third-order valence-corrected chi connectivity index (χ3v) is 3.00. The van der Waals surface area contributed by atoms with Crippen LogP contribution in [0.3, 0.4) is 0 Å². The number of carbonyl (C=O) groups excluding carboxylic acids is 1. The Labute approximate surface area is 112 Å². The Hall–Kier alpha value is -1.08. The number of rotatable bonds is 10. The number of nitrogens with zero attached hydrogens (tertiary/aromatic N) is 3. The molecule has 0 aliphatic carbocycles. The van der Waals surface area contributed by atoms with Crippen LogP contribution >= 0.6 is 0 Å². The molecule has 0 spiro atoms.